The zero-order valence-electron chi connectivity index (χ0n) is 12.7. The molecule has 1 unspecified atom stereocenters. The van der Waals surface area contributed by atoms with Gasteiger partial charge in [0.05, 0.1) is 5.92 Å². The number of benzene rings is 2. The lowest BCUT2D eigenvalue weighted by molar-refractivity contribution is -0.146. The number of halogens is 1. The molecule has 0 fully saturated rings. The van der Waals surface area contributed by atoms with Crippen LogP contribution in [0.2, 0.25) is 0 Å². The van der Waals surface area contributed by atoms with Crippen molar-refractivity contribution in [2.75, 3.05) is 0 Å². The van der Waals surface area contributed by atoms with E-state index in [1.54, 1.807) is 6.20 Å². The third kappa shape index (κ3) is 3.04. The molecular weight excluding hydrogens is 311 g/mol. The van der Waals surface area contributed by atoms with Crippen molar-refractivity contribution in [1.82, 2.24) is 4.98 Å². The number of aromatic amines is 1. The SMILES string of the molecule is NOC(=O)C(CC(=O)c1ccc(F)cc1)c1c[nH]c2ccccc12. The second kappa shape index (κ2) is 6.64. The van der Waals surface area contributed by atoms with Crippen molar-refractivity contribution < 1.29 is 18.8 Å². The molecule has 3 N–H and O–H groups in total. The minimum absolute atomic E-state index is 0.122. The maximum Gasteiger partial charge on any atom is 0.332 e. The molecular formula is C18H15FN2O3. The van der Waals surface area contributed by atoms with Gasteiger partial charge in [-0.2, -0.15) is 5.90 Å². The Balaban J connectivity index is 1.94. The highest BCUT2D eigenvalue weighted by molar-refractivity contribution is 6.00. The number of para-hydroxylation sites is 1. The molecule has 0 amide bonds. The van der Waals surface area contributed by atoms with E-state index in [1.807, 2.05) is 24.3 Å². The van der Waals surface area contributed by atoms with E-state index >= 15 is 0 Å². The lowest BCUT2D eigenvalue weighted by Crippen LogP contribution is -2.22. The van der Waals surface area contributed by atoms with Crippen molar-refractivity contribution in [1.29, 1.82) is 0 Å². The smallest absolute Gasteiger partial charge is 0.332 e. The zero-order chi connectivity index (χ0) is 17.1. The summed E-state index contributed by atoms with van der Waals surface area (Å²) in [6.07, 6.45) is 1.55. The van der Waals surface area contributed by atoms with E-state index in [9.17, 15) is 14.0 Å². The van der Waals surface area contributed by atoms with E-state index in [0.29, 0.717) is 11.1 Å². The maximum absolute atomic E-state index is 13.0. The highest BCUT2D eigenvalue weighted by Gasteiger charge is 2.28. The summed E-state index contributed by atoms with van der Waals surface area (Å²) in [5.41, 5.74) is 1.80. The van der Waals surface area contributed by atoms with E-state index in [1.165, 1.54) is 24.3 Å². The van der Waals surface area contributed by atoms with E-state index in [4.69, 9.17) is 5.90 Å². The van der Waals surface area contributed by atoms with Crippen molar-refractivity contribution in [2.45, 2.75) is 12.3 Å². The van der Waals surface area contributed by atoms with Gasteiger partial charge in [-0.3, -0.25) is 4.79 Å². The number of nitrogens with one attached hydrogen (secondary N) is 1. The Morgan fingerprint density at radius 1 is 1.12 bits per heavy atom. The summed E-state index contributed by atoms with van der Waals surface area (Å²) >= 11 is 0. The second-order valence-corrected chi connectivity index (χ2v) is 5.41. The van der Waals surface area contributed by atoms with Gasteiger partial charge in [0, 0.05) is 29.1 Å². The van der Waals surface area contributed by atoms with Crippen LogP contribution in [0, 0.1) is 5.82 Å². The Bertz CT molecular complexity index is 887. The van der Waals surface area contributed by atoms with Crippen LogP contribution in [0.5, 0.6) is 0 Å². The van der Waals surface area contributed by atoms with E-state index in [2.05, 4.69) is 9.82 Å². The van der Waals surface area contributed by atoms with Gasteiger partial charge in [-0.05, 0) is 35.9 Å². The first-order valence-corrected chi connectivity index (χ1v) is 7.35. The largest absolute Gasteiger partial charge is 0.373 e. The number of H-pyrrole nitrogens is 1. The number of fused-ring (bicyclic) bond motifs is 1. The normalized spacial score (nSPS) is 12.1. The zero-order valence-corrected chi connectivity index (χ0v) is 12.7. The quantitative estimate of drug-likeness (QED) is 0.557. The van der Waals surface area contributed by atoms with Gasteiger partial charge >= 0.3 is 5.97 Å². The second-order valence-electron chi connectivity index (χ2n) is 5.41. The lowest BCUT2D eigenvalue weighted by Gasteiger charge is -2.13. The number of ketones is 1. The Labute approximate surface area is 137 Å². The standard InChI is InChI=1S/C18H15FN2O3/c19-12-7-5-11(6-8-12)17(22)9-14(18(23)24-20)15-10-21-16-4-2-1-3-13(15)16/h1-8,10,14,21H,9,20H2. The summed E-state index contributed by atoms with van der Waals surface area (Å²) < 4.78 is 13.0. The number of carbonyl (C=O) groups is 2. The van der Waals surface area contributed by atoms with Crippen LogP contribution >= 0.6 is 0 Å². The highest BCUT2D eigenvalue weighted by Crippen LogP contribution is 2.30. The predicted molar refractivity (Wildman–Crippen MR) is 86.7 cm³/mol. The van der Waals surface area contributed by atoms with Gasteiger partial charge in [0.25, 0.3) is 0 Å². The molecule has 5 nitrogen and oxygen atoms in total. The molecule has 122 valence electrons. The number of carbonyl (C=O) groups excluding carboxylic acids is 2. The molecule has 0 radical (unpaired) electrons. The molecule has 0 saturated heterocycles. The number of hydrogen-bond acceptors (Lipinski definition) is 4. The molecule has 24 heavy (non-hydrogen) atoms. The Morgan fingerprint density at radius 2 is 1.83 bits per heavy atom. The molecule has 0 saturated carbocycles. The average molecular weight is 326 g/mol. The van der Waals surface area contributed by atoms with Gasteiger partial charge in [0.15, 0.2) is 5.78 Å². The van der Waals surface area contributed by atoms with Crippen molar-refractivity contribution in [2.24, 2.45) is 5.90 Å². The van der Waals surface area contributed by atoms with Gasteiger partial charge in [-0.25, -0.2) is 9.18 Å². The summed E-state index contributed by atoms with van der Waals surface area (Å²) in [7, 11) is 0. The first kappa shape index (κ1) is 15.9. The fourth-order valence-electron chi connectivity index (χ4n) is 2.72. The van der Waals surface area contributed by atoms with Crippen LogP contribution in [-0.4, -0.2) is 16.7 Å². The van der Waals surface area contributed by atoms with Gasteiger partial charge in [0.1, 0.15) is 5.82 Å². The molecule has 0 aliphatic rings. The molecule has 0 aliphatic carbocycles. The van der Waals surface area contributed by atoms with Crippen molar-refractivity contribution in [3.8, 4) is 0 Å². The third-order valence-electron chi connectivity index (χ3n) is 3.95. The minimum atomic E-state index is -0.844. The fraction of sp³-hybridized carbons (Fsp3) is 0.111. The van der Waals surface area contributed by atoms with Gasteiger partial charge in [-0.15, -0.1) is 0 Å². The number of aromatic nitrogens is 1. The van der Waals surface area contributed by atoms with Gasteiger partial charge in [0.2, 0.25) is 0 Å². The van der Waals surface area contributed by atoms with E-state index < -0.39 is 17.7 Å². The maximum atomic E-state index is 13.0. The summed E-state index contributed by atoms with van der Waals surface area (Å²) in [6.45, 7) is 0. The molecule has 1 aromatic heterocycles. The molecule has 0 bridgehead atoms. The average Bonchev–Trinajstić information content (AvgIpc) is 3.03. The van der Waals surface area contributed by atoms with Gasteiger partial charge < -0.3 is 9.82 Å². The molecule has 3 aromatic rings. The van der Waals surface area contributed by atoms with Crippen LogP contribution < -0.4 is 5.90 Å². The molecule has 1 atom stereocenters. The fourth-order valence-corrected chi connectivity index (χ4v) is 2.72. The van der Waals surface area contributed by atoms with Crippen LogP contribution in [0.3, 0.4) is 0 Å². The summed E-state index contributed by atoms with van der Waals surface area (Å²) in [5, 5.41) is 0.819. The Kier molecular flexibility index (Phi) is 4.39. The molecule has 6 heteroatoms. The highest BCUT2D eigenvalue weighted by atomic mass is 19.1. The molecule has 0 aliphatic heterocycles. The van der Waals surface area contributed by atoms with Crippen LogP contribution in [0.25, 0.3) is 10.9 Å². The minimum Gasteiger partial charge on any atom is -0.373 e. The Morgan fingerprint density at radius 3 is 2.54 bits per heavy atom. The molecule has 0 spiro atoms. The molecule has 2 aromatic carbocycles. The topological polar surface area (TPSA) is 85.2 Å². The van der Waals surface area contributed by atoms with E-state index in [-0.39, 0.29) is 12.2 Å². The predicted octanol–water partition coefficient (Wildman–Crippen LogP) is 3.08. The first-order chi connectivity index (χ1) is 11.6. The Hall–Kier alpha value is -2.99. The summed E-state index contributed by atoms with van der Waals surface area (Å²) in [4.78, 5) is 32.0. The first-order valence-electron chi connectivity index (χ1n) is 7.35. The van der Waals surface area contributed by atoms with Crippen molar-refractivity contribution in [3.05, 3.63) is 71.7 Å². The van der Waals surface area contributed by atoms with Crippen LogP contribution in [-0.2, 0) is 9.63 Å². The van der Waals surface area contributed by atoms with Gasteiger partial charge in [-0.1, -0.05) is 18.2 Å². The summed E-state index contributed by atoms with van der Waals surface area (Å²) in [6, 6.07) is 12.6. The summed E-state index contributed by atoms with van der Waals surface area (Å²) in [5.74, 6) is 2.77. The third-order valence-corrected chi connectivity index (χ3v) is 3.95. The number of Topliss-reactive ketones (excluding diaryl/α,β-unsaturated/α-hetero) is 1. The molecule has 1 heterocycles. The number of hydrogen-bond donors (Lipinski definition) is 2. The van der Waals surface area contributed by atoms with Crippen LogP contribution in [0.1, 0.15) is 28.3 Å². The molecule has 3 rings (SSSR count). The van der Waals surface area contributed by atoms with Crippen LogP contribution in [0.15, 0.2) is 54.7 Å². The van der Waals surface area contributed by atoms with Crippen molar-refractivity contribution in [3.63, 3.8) is 0 Å². The van der Waals surface area contributed by atoms with Crippen LogP contribution in [0.4, 0.5) is 4.39 Å². The van der Waals surface area contributed by atoms with E-state index in [0.717, 1.165) is 10.9 Å². The monoisotopic (exact) mass is 326 g/mol. The number of nitrogens with two attached hydrogens (primary N) is 1. The lowest BCUT2D eigenvalue weighted by atomic mass is 9.91. The van der Waals surface area contributed by atoms with Crippen molar-refractivity contribution >= 4 is 22.7 Å². The number of rotatable bonds is 5.